The van der Waals surface area contributed by atoms with Crippen LogP contribution in [0.25, 0.3) is 16.7 Å². The molecule has 1 amide bonds. The Morgan fingerprint density at radius 3 is 2.59 bits per heavy atom. The summed E-state index contributed by atoms with van der Waals surface area (Å²) in [5.74, 6) is -0.960. The third-order valence-electron chi connectivity index (χ3n) is 6.36. The van der Waals surface area contributed by atoms with Crippen molar-refractivity contribution in [2.75, 3.05) is 29.6 Å². The van der Waals surface area contributed by atoms with Crippen LogP contribution in [0.5, 0.6) is 0 Å². The van der Waals surface area contributed by atoms with Gasteiger partial charge in [-0.2, -0.15) is 21.5 Å². The topological polar surface area (TPSA) is 111 Å². The highest BCUT2D eigenvalue weighted by Gasteiger charge is 2.27. The maximum Gasteiger partial charge on any atom is 0.276 e. The summed E-state index contributed by atoms with van der Waals surface area (Å²) < 4.78 is 31.2. The zero-order valence-corrected chi connectivity index (χ0v) is 21.1. The molecule has 5 rings (SSSR count). The van der Waals surface area contributed by atoms with Crippen LogP contribution in [0.2, 0.25) is 0 Å². The number of hydrogen-bond donors (Lipinski definition) is 2. The highest BCUT2D eigenvalue weighted by molar-refractivity contribution is 7.97. The van der Waals surface area contributed by atoms with Gasteiger partial charge in [-0.25, -0.2) is 13.8 Å². The first-order valence-electron chi connectivity index (χ1n) is 11.6. The standard InChI is InChI=1S/C25H25F2N7O2S/c1-32-19-8-6-17(24(33-11-10-14(28)12-33)22(19)30-20(32)13-37-2)29-25(36)18-7-9-21(35)34(31-18)23-15(26)4-3-5-16(23)27/h3-9,14H,10-13,28H2,1-2H3,(H,29,36)/t14-/m1/s1. The molecule has 2 aromatic heterocycles. The molecular weight excluding hydrogens is 500 g/mol. The Hall–Kier alpha value is -3.77. The number of carbonyl (C=O) groups excluding carboxylic acids is 1. The SMILES string of the molecule is CSCc1nc2c(N3CC[C@@H](N)C3)c(NC(=O)c3ccc(=O)n(-c4c(F)cccc4F)n3)ccc2n1C. The van der Waals surface area contributed by atoms with Gasteiger partial charge in [0, 0.05) is 32.2 Å². The number of thioether (sulfide) groups is 1. The maximum atomic E-state index is 14.3. The van der Waals surface area contributed by atoms with Crippen LogP contribution in [0.1, 0.15) is 22.7 Å². The summed E-state index contributed by atoms with van der Waals surface area (Å²) >= 11 is 1.66. The summed E-state index contributed by atoms with van der Waals surface area (Å²) in [5, 5.41) is 6.82. The van der Waals surface area contributed by atoms with Crippen molar-refractivity contribution in [1.82, 2.24) is 19.3 Å². The number of imidazole rings is 1. The summed E-state index contributed by atoms with van der Waals surface area (Å²) in [5.41, 5.74) is 7.47. The van der Waals surface area contributed by atoms with Crippen LogP contribution in [0.3, 0.4) is 0 Å². The Morgan fingerprint density at radius 1 is 1.16 bits per heavy atom. The number of aromatic nitrogens is 4. The average Bonchev–Trinajstić information content (AvgIpc) is 3.43. The van der Waals surface area contributed by atoms with Crippen molar-refractivity contribution in [3.05, 3.63) is 76.0 Å². The summed E-state index contributed by atoms with van der Waals surface area (Å²) in [6, 6.07) is 9.13. The van der Waals surface area contributed by atoms with Crippen molar-refractivity contribution >= 4 is 40.1 Å². The minimum absolute atomic E-state index is 0.00548. The highest BCUT2D eigenvalue weighted by Crippen LogP contribution is 2.37. The van der Waals surface area contributed by atoms with Crippen molar-refractivity contribution < 1.29 is 13.6 Å². The normalized spacial score (nSPS) is 15.5. The van der Waals surface area contributed by atoms with Gasteiger partial charge in [0.05, 0.1) is 22.6 Å². The minimum Gasteiger partial charge on any atom is -0.366 e. The number of hydrogen-bond acceptors (Lipinski definition) is 7. The Labute approximate surface area is 215 Å². The monoisotopic (exact) mass is 525 g/mol. The molecule has 37 heavy (non-hydrogen) atoms. The van der Waals surface area contributed by atoms with E-state index in [9.17, 15) is 18.4 Å². The number of aryl methyl sites for hydroxylation is 1. The molecule has 3 heterocycles. The van der Waals surface area contributed by atoms with Gasteiger partial charge in [-0.3, -0.25) is 9.59 Å². The van der Waals surface area contributed by atoms with Gasteiger partial charge in [-0.1, -0.05) is 6.07 Å². The fourth-order valence-corrected chi connectivity index (χ4v) is 5.05. The van der Waals surface area contributed by atoms with E-state index in [-0.39, 0.29) is 11.7 Å². The first-order valence-corrected chi connectivity index (χ1v) is 13.0. The Morgan fingerprint density at radius 2 is 1.92 bits per heavy atom. The van der Waals surface area contributed by atoms with E-state index in [2.05, 4.69) is 15.3 Å². The zero-order valence-electron chi connectivity index (χ0n) is 20.2. The lowest BCUT2D eigenvalue weighted by Crippen LogP contribution is -2.28. The second kappa shape index (κ2) is 9.94. The fraction of sp³-hybridized carbons (Fsp3) is 0.280. The van der Waals surface area contributed by atoms with Gasteiger partial charge >= 0.3 is 0 Å². The number of anilines is 2. The smallest absolute Gasteiger partial charge is 0.276 e. The summed E-state index contributed by atoms with van der Waals surface area (Å²) in [7, 11) is 1.95. The van der Waals surface area contributed by atoms with E-state index < -0.39 is 28.8 Å². The van der Waals surface area contributed by atoms with Crippen LogP contribution in [0, 0.1) is 11.6 Å². The lowest BCUT2D eigenvalue weighted by Gasteiger charge is -2.22. The predicted octanol–water partition coefficient (Wildman–Crippen LogP) is 3.05. The summed E-state index contributed by atoms with van der Waals surface area (Å²) in [6.07, 6.45) is 2.81. The predicted molar refractivity (Wildman–Crippen MR) is 140 cm³/mol. The molecule has 9 nitrogen and oxygen atoms in total. The van der Waals surface area contributed by atoms with Crippen LogP contribution < -0.4 is 21.5 Å². The summed E-state index contributed by atoms with van der Waals surface area (Å²) in [4.78, 5) is 32.6. The van der Waals surface area contributed by atoms with Crippen molar-refractivity contribution in [1.29, 1.82) is 0 Å². The van der Waals surface area contributed by atoms with E-state index in [1.807, 2.05) is 23.9 Å². The van der Waals surface area contributed by atoms with Crippen molar-refractivity contribution in [3.63, 3.8) is 0 Å². The average molecular weight is 526 g/mol. The van der Waals surface area contributed by atoms with Crippen LogP contribution in [-0.4, -0.2) is 50.6 Å². The molecule has 1 aliphatic heterocycles. The van der Waals surface area contributed by atoms with Gasteiger partial charge in [0.15, 0.2) is 11.6 Å². The molecule has 12 heteroatoms. The van der Waals surface area contributed by atoms with Crippen LogP contribution in [-0.2, 0) is 12.8 Å². The molecule has 1 fully saturated rings. The first kappa shape index (κ1) is 24.9. The van der Waals surface area contributed by atoms with Crippen molar-refractivity contribution in [3.8, 4) is 5.69 Å². The molecule has 0 spiro atoms. The molecular formula is C25H25F2N7O2S. The number of halogens is 2. The second-order valence-corrected chi connectivity index (χ2v) is 9.70. The van der Waals surface area contributed by atoms with E-state index in [0.717, 1.165) is 52.9 Å². The molecule has 0 bridgehead atoms. The minimum atomic E-state index is -0.971. The van der Waals surface area contributed by atoms with Crippen LogP contribution in [0.15, 0.2) is 47.3 Å². The van der Waals surface area contributed by atoms with E-state index in [0.29, 0.717) is 23.5 Å². The first-order chi connectivity index (χ1) is 17.8. The van der Waals surface area contributed by atoms with Gasteiger partial charge in [0.2, 0.25) is 0 Å². The lowest BCUT2D eigenvalue weighted by molar-refractivity contribution is 0.102. The Bertz CT molecular complexity index is 1550. The number of nitrogens with one attached hydrogen (secondary N) is 1. The molecule has 0 radical (unpaired) electrons. The van der Waals surface area contributed by atoms with Crippen LogP contribution in [0.4, 0.5) is 20.2 Å². The summed E-state index contributed by atoms with van der Waals surface area (Å²) in [6.45, 7) is 1.30. The van der Waals surface area contributed by atoms with Gasteiger partial charge < -0.3 is 20.5 Å². The number of carbonyl (C=O) groups is 1. The number of fused-ring (bicyclic) bond motifs is 1. The van der Waals surface area contributed by atoms with Gasteiger partial charge in [0.25, 0.3) is 11.5 Å². The molecule has 3 N–H and O–H groups in total. The Balaban J connectivity index is 1.56. The highest BCUT2D eigenvalue weighted by atomic mass is 32.2. The number of nitrogens with two attached hydrogens (primary N) is 1. The van der Waals surface area contributed by atoms with E-state index >= 15 is 0 Å². The van der Waals surface area contributed by atoms with Gasteiger partial charge in [-0.05, 0) is 43.0 Å². The third-order valence-corrected chi connectivity index (χ3v) is 6.91. The van der Waals surface area contributed by atoms with Crippen LogP contribution >= 0.6 is 11.8 Å². The second-order valence-electron chi connectivity index (χ2n) is 8.84. The van der Waals surface area contributed by atoms with Gasteiger partial charge in [0.1, 0.15) is 22.7 Å². The van der Waals surface area contributed by atoms with E-state index in [1.54, 1.807) is 17.8 Å². The number of rotatable bonds is 6. The molecule has 0 saturated carbocycles. The number of benzene rings is 2. The van der Waals surface area contributed by atoms with E-state index in [1.165, 1.54) is 12.1 Å². The van der Waals surface area contributed by atoms with Crippen molar-refractivity contribution in [2.24, 2.45) is 12.8 Å². The third kappa shape index (κ3) is 4.58. The molecule has 1 aliphatic rings. The largest absolute Gasteiger partial charge is 0.366 e. The molecule has 2 aromatic carbocycles. The molecule has 0 aliphatic carbocycles. The van der Waals surface area contributed by atoms with E-state index in [4.69, 9.17) is 10.7 Å². The Kier molecular flexibility index (Phi) is 6.69. The quantitative estimate of drug-likeness (QED) is 0.398. The fourth-order valence-electron chi connectivity index (χ4n) is 4.53. The van der Waals surface area contributed by atoms with Crippen molar-refractivity contribution in [2.45, 2.75) is 18.2 Å². The number of para-hydroxylation sites is 1. The zero-order chi connectivity index (χ0) is 26.3. The maximum absolute atomic E-state index is 14.3. The molecule has 1 atom stereocenters. The number of amides is 1. The lowest BCUT2D eigenvalue weighted by atomic mass is 10.2. The van der Waals surface area contributed by atoms with Gasteiger partial charge in [-0.15, -0.1) is 0 Å². The molecule has 4 aromatic rings. The number of nitrogens with zero attached hydrogens (tertiary/aromatic N) is 5. The molecule has 192 valence electrons. The molecule has 0 unspecified atom stereocenters. The molecule has 1 saturated heterocycles.